The van der Waals surface area contributed by atoms with Gasteiger partial charge < -0.3 is 5.11 Å². The molecule has 1 unspecified atom stereocenters. The molecule has 0 fully saturated rings. The molecule has 3 nitrogen and oxygen atoms in total. The topological polar surface area (TPSA) is 54.4 Å². The fraction of sp³-hybridized carbons (Fsp3) is 0.600. The fourth-order valence-corrected chi connectivity index (χ4v) is 0.363. The van der Waals surface area contributed by atoms with Crippen molar-refractivity contribution in [2.45, 2.75) is 19.0 Å². The number of aliphatic hydroxyl groups is 1. The predicted octanol–water partition coefficient (Wildman–Crippen LogP) is 0.0677. The van der Waals surface area contributed by atoms with Crippen LogP contribution in [0.2, 0.25) is 0 Å². The standard InChI is InChI=1S/C5H5F3O3.Nd/c1-2(9)3(10)5(7,8)4(6)11;/h3,10H,1H3;. The molecule has 0 aliphatic carbocycles. The first-order chi connectivity index (χ1) is 4.80. The summed E-state index contributed by atoms with van der Waals surface area (Å²) in [6, 6.07) is -3.01. The number of ketones is 1. The Morgan fingerprint density at radius 3 is 1.83 bits per heavy atom. The SMILES string of the molecule is CC(=O)C(O)C(F)(F)C(=O)F.[Nd]. The van der Waals surface area contributed by atoms with E-state index in [-0.39, 0.29) is 40.8 Å². The minimum atomic E-state index is -4.62. The number of aliphatic hydroxyl groups excluding tert-OH is 1. The van der Waals surface area contributed by atoms with E-state index in [1.807, 2.05) is 0 Å². The first-order valence-corrected chi connectivity index (χ1v) is 2.56. The van der Waals surface area contributed by atoms with Gasteiger partial charge in [-0.15, -0.1) is 0 Å². The Morgan fingerprint density at radius 2 is 1.75 bits per heavy atom. The van der Waals surface area contributed by atoms with Crippen molar-refractivity contribution in [3.63, 3.8) is 0 Å². The molecule has 0 radical (unpaired) electrons. The summed E-state index contributed by atoms with van der Waals surface area (Å²) in [6.45, 7) is 0.627. The van der Waals surface area contributed by atoms with Gasteiger partial charge in [-0.25, -0.2) is 0 Å². The summed E-state index contributed by atoms with van der Waals surface area (Å²) in [7, 11) is 0. The predicted molar refractivity (Wildman–Crippen MR) is 27.7 cm³/mol. The van der Waals surface area contributed by atoms with E-state index in [4.69, 9.17) is 5.11 Å². The van der Waals surface area contributed by atoms with Crippen LogP contribution in [-0.4, -0.2) is 29.0 Å². The van der Waals surface area contributed by atoms with Gasteiger partial charge in [-0.1, -0.05) is 0 Å². The number of rotatable bonds is 3. The molecule has 0 spiro atoms. The third-order valence-corrected chi connectivity index (χ3v) is 0.991. The average molecular weight is 314 g/mol. The molecule has 12 heavy (non-hydrogen) atoms. The van der Waals surface area contributed by atoms with Crippen molar-refractivity contribution < 1.29 is 68.7 Å². The number of halogens is 3. The summed E-state index contributed by atoms with van der Waals surface area (Å²) in [5, 5.41) is 8.26. The number of hydrogen-bond donors (Lipinski definition) is 1. The largest absolute Gasteiger partial charge is 0.379 e. The molecule has 0 aliphatic heterocycles. The number of carbonyl (C=O) groups is 2. The van der Waals surface area contributed by atoms with E-state index in [9.17, 15) is 22.8 Å². The molecule has 0 aromatic rings. The normalized spacial score (nSPS) is 13.1. The first kappa shape index (κ1) is 14.9. The van der Waals surface area contributed by atoms with E-state index >= 15 is 0 Å². The van der Waals surface area contributed by atoms with Gasteiger partial charge in [0.25, 0.3) is 0 Å². The van der Waals surface area contributed by atoms with Gasteiger partial charge in [0, 0.05) is 40.8 Å². The van der Waals surface area contributed by atoms with Crippen LogP contribution in [0.3, 0.4) is 0 Å². The van der Waals surface area contributed by atoms with Crippen molar-refractivity contribution in [1.29, 1.82) is 0 Å². The Balaban J connectivity index is 0. The van der Waals surface area contributed by atoms with Gasteiger partial charge in [-0.2, -0.15) is 13.2 Å². The van der Waals surface area contributed by atoms with E-state index < -0.39 is 23.8 Å². The van der Waals surface area contributed by atoms with Gasteiger partial charge in [0.1, 0.15) is 0 Å². The Kier molecular flexibility index (Phi) is 6.51. The van der Waals surface area contributed by atoms with E-state index in [1.165, 1.54) is 0 Å². The smallest absolute Gasteiger partial charge is 0.373 e. The van der Waals surface area contributed by atoms with Gasteiger partial charge in [0.05, 0.1) is 0 Å². The molecular formula is C5H5F3NdO3. The Morgan fingerprint density at radius 1 is 1.42 bits per heavy atom. The van der Waals surface area contributed by atoms with Gasteiger partial charge in [-0.05, 0) is 6.92 Å². The van der Waals surface area contributed by atoms with E-state index in [0.29, 0.717) is 6.92 Å². The summed E-state index contributed by atoms with van der Waals surface area (Å²) in [6.07, 6.45) is -2.89. The van der Waals surface area contributed by atoms with Gasteiger partial charge in [-0.3, -0.25) is 9.59 Å². The quantitative estimate of drug-likeness (QED) is 0.750. The third-order valence-electron chi connectivity index (χ3n) is 0.991. The van der Waals surface area contributed by atoms with Crippen molar-refractivity contribution in [3.05, 3.63) is 0 Å². The van der Waals surface area contributed by atoms with Gasteiger partial charge in [0.15, 0.2) is 11.9 Å². The van der Waals surface area contributed by atoms with Gasteiger partial charge in [0.2, 0.25) is 0 Å². The van der Waals surface area contributed by atoms with Crippen molar-refractivity contribution in [2.24, 2.45) is 0 Å². The summed E-state index contributed by atoms with van der Waals surface area (Å²) in [4.78, 5) is 19.5. The molecule has 7 heteroatoms. The molecular weight excluding hydrogens is 309 g/mol. The minimum Gasteiger partial charge on any atom is -0.379 e. The van der Waals surface area contributed by atoms with Crippen LogP contribution in [0.5, 0.6) is 0 Å². The van der Waals surface area contributed by atoms with Crippen molar-refractivity contribution in [1.82, 2.24) is 0 Å². The average Bonchev–Trinajstić information content (AvgIpc) is 1.85. The second-order valence-electron chi connectivity index (χ2n) is 1.91. The summed E-state index contributed by atoms with van der Waals surface area (Å²) in [5.41, 5.74) is 0. The Hall–Kier alpha value is 0.441. The van der Waals surface area contributed by atoms with Crippen LogP contribution >= 0.6 is 0 Å². The van der Waals surface area contributed by atoms with Crippen molar-refractivity contribution in [3.8, 4) is 0 Å². The van der Waals surface area contributed by atoms with E-state index in [2.05, 4.69) is 0 Å². The monoisotopic (exact) mass is 312 g/mol. The summed E-state index contributed by atoms with van der Waals surface area (Å²) in [5.74, 6) is -5.98. The summed E-state index contributed by atoms with van der Waals surface area (Å²) >= 11 is 0. The number of hydrogen-bond acceptors (Lipinski definition) is 3. The second-order valence-corrected chi connectivity index (χ2v) is 1.91. The molecule has 0 saturated heterocycles. The molecule has 0 aromatic heterocycles. The zero-order valence-corrected chi connectivity index (χ0v) is 9.18. The molecule has 0 aliphatic rings. The van der Waals surface area contributed by atoms with E-state index in [0.717, 1.165) is 0 Å². The van der Waals surface area contributed by atoms with Crippen molar-refractivity contribution in [2.75, 3.05) is 0 Å². The maximum atomic E-state index is 12.0. The molecule has 1 N–H and O–H groups in total. The molecule has 68 valence electrons. The van der Waals surface area contributed by atoms with Crippen LogP contribution in [0, 0.1) is 40.8 Å². The number of carbonyl (C=O) groups excluding carboxylic acids is 2. The molecule has 0 rings (SSSR count). The van der Waals surface area contributed by atoms with Crippen LogP contribution in [-0.2, 0) is 9.59 Å². The Bertz CT molecular complexity index is 194. The van der Waals surface area contributed by atoms with Crippen LogP contribution in [0.1, 0.15) is 6.92 Å². The molecule has 0 amide bonds. The van der Waals surface area contributed by atoms with Crippen molar-refractivity contribution >= 4 is 11.8 Å². The van der Waals surface area contributed by atoms with Crippen LogP contribution < -0.4 is 0 Å². The summed E-state index contributed by atoms with van der Waals surface area (Å²) < 4.78 is 35.4. The Labute approximate surface area is 98.8 Å². The molecule has 0 bridgehead atoms. The maximum absolute atomic E-state index is 12.0. The van der Waals surface area contributed by atoms with Gasteiger partial charge >= 0.3 is 12.0 Å². The third kappa shape index (κ3) is 3.44. The second kappa shape index (κ2) is 5.23. The number of Topliss-reactive ketones (excluding diaryl/α,β-unsaturated/α-hetero) is 1. The molecule has 1 atom stereocenters. The minimum absolute atomic E-state index is 0. The number of alkyl halides is 2. The van der Waals surface area contributed by atoms with E-state index in [1.54, 1.807) is 0 Å². The molecule has 0 aromatic carbocycles. The zero-order chi connectivity index (χ0) is 9.23. The molecule has 0 saturated carbocycles. The fourth-order valence-electron chi connectivity index (χ4n) is 0.363. The first-order valence-electron chi connectivity index (χ1n) is 2.56. The van der Waals surface area contributed by atoms with Crippen LogP contribution in [0.25, 0.3) is 0 Å². The maximum Gasteiger partial charge on any atom is 0.373 e. The van der Waals surface area contributed by atoms with Crippen LogP contribution in [0.15, 0.2) is 0 Å². The van der Waals surface area contributed by atoms with Crippen LogP contribution in [0.4, 0.5) is 13.2 Å². The zero-order valence-electron chi connectivity index (χ0n) is 5.97. The molecule has 0 heterocycles.